The van der Waals surface area contributed by atoms with Crippen LogP contribution in [-0.2, 0) is 0 Å². The molecule has 0 atom stereocenters. The van der Waals surface area contributed by atoms with Gasteiger partial charge in [-0.3, -0.25) is 0 Å². The molecule has 26 heavy (non-hydrogen) atoms. The number of nitrogens with two attached hydrogens (primary N) is 1. The van der Waals surface area contributed by atoms with E-state index in [1.165, 1.54) is 0 Å². The van der Waals surface area contributed by atoms with Gasteiger partial charge in [-0.2, -0.15) is 0 Å². The maximum absolute atomic E-state index is 11.9. The molecule has 1 saturated heterocycles. The summed E-state index contributed by atoms with van der Waals surface area (Å²) in [6, 6.07) is 6.78. The molecule has 5 nitrogen and oxygen atoms in total. The highest BCUT2D eigenvalue weighted by molar-refractivity contribution is 6.43. The van der Waals surface area contributed by atoms with Gasteiger partial charge in [0, 0.05) is 35.4 Å². The largest absolute Gasteiger partial charge is 0.478 e. The Balaban J connectivity index is 2.08. The van der Waals surface area contributed by atoms with E-state index >= 15 is 0 Å². The number of carboxylic acid groups (broad SMARTS) is 1. The molecule has 1 aliphatic heterocycles. The molecule has 3 N–H and O–H groups in total. The van der Waals surface area contributed by atoms with Crippen molar-refractivity contribution in [2.75, 3.05) is 18.0 Å². The van der Waals surface area contributed by atoms with Gasteiger partial charge in [-0.15, -0.1) is 0 Å². The topological polar surface area (TPSA) is 79.5 Å². The first-order valence-electron chi connectivity index (χ1n) is 8.43. The number of pyridine rings is 1. The molecule has 0 spiro atoms. The van der Waals surface area contributed by atoms with E-state index in [2.05, 4.69) is 9.88 Å². The lowest BCUT2D eigenvalue weighted by Crippen LogP contribution is -2.48. The molecule has 0 unspecified atom stereocenters. The fourth-order valence-corrected chi connectivity index (χ4v) is 3.67. The number of hydrogen-bond acceptors (Lipinski definition) is 4. The van der Waals surface area contributed by atoms with Gasteiger partial charge in [0.2, 0.25) is 0 Å². The molecule has 0 radical (unpaired) electrons. The average Bonchev–Trinajstić information content (AvgIpc) is 2.57. The molecule has 1 aliphatic rings. The van der Waals surface area contributed by atoms with Crippen molar-refractivity contribution < 1.29 is 9.90 Å². The summed E-state index contributed by atoms with van der Waals surface area (Å²) in [5.41, 5.74) is 7.84. The molecule has 2 aromatic rings. The zero-order valence-corrected chi connectivity index (χ0v) is 16.2. The van der Waals surface area contributed by atoms with Crippen LogP contribution in [0.2, 0.25) is 10.0 Å². The van der Waals surface area contributed by atoms with Crippen LogP contribution in [0.25, 0.3) is 11.1 Å². The Labute approximate surface area is 162 Å². The number of piperidine rings is 1. The van der Waals surface area contributed by atoms with Gasteiger partial charge in [0.25, 0.3) is 0 Å². The van der Waals surface area contributed by atoms with Gasteiger partial charge >= 0.3 is 5.97 Å². The molecule has 1 fully saturated rings. The van der Waals surface area contributed by atoms with Crippen molar-refractivity contribution in [1.29, 1.82) is 0 Å². The smallest absolute Gasteiger partial charge is 0.336 e. The van der Waals surface area contributed by atoms with Gasteiger partial charge in [0.1, 0.15) is 5.82 Å². The van der Waals surface area contributed by atoms with Crippen LogP contribution in [0.5, 0.6) is 0 Å². The van der Waals surface area contributed by atoms with Crippen LogP contribution >= 0.6 is 23.2 Å². The van der Waals surface area contributed by atoms with Gasteiger partial charge in [-0.1, -0.05) is 35.3 Å². The second-order valence-corrected chi connectivity index (χ2v) is 7.82. The lowest BCUT2D eigenvalue weighted by atomic mass is 9.91. The Morgan fingerprint density at radius 2 is 1.96 bits per heavy atom. The Bertz CT molecular complexity index is 858. The number of nitrogens with zero attached hydrogens (tertiary/aromatic N) is 2. The van der Waals surface area contributed by atoms with Gasteiger partial charge in [-0.05, 0) is 38.8 Å². The Morgan fingerprint density at radius 3 is 2.58 bits per heavy atom. The molecular formula is C19H21Cl2N3O2. The molecule has 7 heteroatoms. The predicted octanol–water partition coefficient (Wildman–Crippen LogP) is 4.38. The molecule has 0 saturated carbocycles. The van der Waals surface area contributed by atoms with E-state index in [1.54, 1.807) is 31.2 Å². The van der Waals surface area contributed by atoms with Crippen molar-refractivity contribution in [2.45, 2.75) is 32.2 Å². The van der Waals surface area contributed by atoms with E-state index in [0.29, 0.717) is 32.7 Å². The summed E-state index contributed by atoms with van der Waals surface area (Å²) >= 11 is 12.4. The van der Waals surface area contributed by atoms with Gasteiger partial charge in [0.05, 0.1) is 15.6 Å². The molecule has 1 aromatic carbocycles. The molecule has 3 rings (SSSR count). The SMILES string of the molecule is Cc1nc(N2CCC(C)(N)CC2)cc(C(=O)O)c1-c1cccc(Cl)c1Cl. The molecule has 1 aromatic heterocycles. The van der Waals surface area contributed by atoms with Crippen molar-refractivity contribution in [1.82, 2.24) is 4.98 Å². The molecule has 0 aliphatic carbocycles. The van der Waals surface area contributed by atoms with Crippen molar-refractivity contribution in [2.24, 2.45) is 5.73 Å². The van der Waals surface area contributed by atoms with Crippen LogP contribution in [0.3, 0.4) is 0 Å². The maximum Gasteiger partial charge on any atom is 0.336 e. The fraction of sp³-hybridized carbons (Fsp3) is 0.368. The third-order valence-corrected chi connectivity index (χ3v) is 5.69. The molecule has 138 valence electrons. The normalized spacial score (nSPS) is 16.6. The summed E-state index contributed by atoms with van der Waals surface area (Å²) in [6.07, 6.45) is 1.66. The Kier molecular flexibility index (Phi) is 5.15. The number of hydrogen-bond donors (Lipinski definition) is 2. The number of halogens is 2. The summed E-state index contributed by atoms with van der Waals surface area (Å²) < 4.78 is 0. The first-order valence-corrected chi connectivity index (χ1v) is 9.18. The number of aromatic nitrogens is 1. The standard InChI is InChI=1S/C19H21Cl2N3O2/c1-11-16(12-4-3-5-14(20)17(12)21)13(18(25)26)10-15(23-11)24-8-6-19(2,22)7-9-24/h3-5,10H,6-9,22H2,1-2H3,(H,25,26). The monoisotopic (exact) mass is 393 g/mol. The van der Waals surface area contributed by atoms with E-state index in [9.17, 15) is 9.90 Å². The number of aromatic carboxylic acids is 1. The van der Waals surface area contributed by atoms with Crippen LogP contribution in [-0.4, -0.2) is 34.7 Å². The number of carboxylic acids is 1. The van der Waals surface area contributed by atoms with E-state index in [4.69, 9.17) is 28.9 Å². The number of anilines is 1. The third-order valence-electron chi connectivity index (χ3n) is 4.87. The zero-order valence-electron chi connectivity index (χ0n) is 14.7. The quantitative estimate of drug-likeness (QED) is 0.808. The molecule has 0 amide bonds. The van der Waals surface area contributed by atoms with E-state index < -0.39 is 5.97 Å². The van der Waals surface area contributed by atoms with E-state index in [1.807, 2.05) is 6.92 Å². The number of rotatable bonds is 3. The number of aryl methyl sites for hydroxylation is 1. The molecule has 2 heterocycles. The summed E-state index contributed by atoms with van der Waals surface area (Å²) in [7, 11) is 0. The zero-order chi connectivity index (χ0) is 19.1. The van der Waals surface area contributed by atoms with Crippen molar-refractivity contribution >= 4 is 35.0 Å². The van der Waals surface area contributed by atoms with Crippen LogP contribution in [0.15, 0.2) is 24.3 Å². The first-order chi connectivity index (χ1) is 12.2. The van der Waals surface area contributed by atoms with Crippen molar-refractivity contribution in [3.8, 4) is 11.1 Å². The van der Waals surface area contributed by atoms with E-state index in [0.717, 1.165) is 25.9 Å². The van der Waals surface area contributed by atoms with Gasteiger partial charge in [0.15, 0.2) is 0 Å². The Hall–Kier alpha value is -1.82. The predicted molar refractivity (Wildman–Crippen MR) is 105 cm³/mol. The van der Waals surface area contributed by atoms with Crippen LogP contribution < -0.4 is 10.6 Å². The molecule has 0 bridgehead atoms. The van der Waals surface area contributed by atoms with E-state index in [-0.39, 0.29) is 11.1 Å². The van der Waals surface area contributed by atoms with Crippen molar-refractivity contribution in [3.63, 3.8) is 0 Å². The summed E-state index contributed by atoms with van der Waals surface area (Å²) in [5, 5.41) is 10.5. The second kappa shape index (κ2) is 7.06. The minimum atomic E-state index is -1.02. The van der Waals surface area contributed by atoms with Crippen LogP contribution in [0.4, 0.5) is 5.82 Å². The Morgan fingerprint density at radius 1 is 1.31 bits per heavy atom. The van der Waals surface area contributed by atoms with Crippen molar-refractivity contribution in [3.05, 3.63) is 45.6 Å². The lowest BCUT2D eigenvalue weighted by molar-refractivity contribution is 0.0697. The lowest BCUT2D eigenvalue weighted by Gasteiger charge is -2.37. The minimum absolute atomic E-state index is 0.165. The maximum atomic E-state index is 11.9. The number of carbonyl (C=O) groups is 1. The first kappa shape index (κ1) is 19.0. The van der Waals surface area contributed by atoms with Gasteiger partial charge < -0.3 is 15.7 Å². The van der Waals surface area contributed by atoms with Crippen LogP contribution in [0, 0.1) is 6.92 Å². The minimum Gasteiger partial charge on any atom is -0.478 e. The van der Waals surface area contributed by atoms with Crippen LogP contribution in [0.1, 0.15) is 35.8 Å². The second-order valence-electron chi connectivity index (χ2n) is 7.04. The summed E-state index contributed by atoms with van der Waals surface area (Å²) in [4.78, 5) is 18.7. The highest BCUT2D eigenvalue weighted by Crippen LogP contribution is 2.38. The highest BCUT2D eigenvalue weighted by atomic mass is 35.5. The average molecular weight is 394 g/mol. The summed E-state index contributed by atoms with van der Waals surface area (Å²) in [5.74, 6) is -0.374. The fourth-order valence-electron chi connectivity index (χ4n) is 3.27. The third kappa shape index (κ3) is 3.65. The van der Waals surface area contributed by atoms with Gasteiger partial charge in [-0.25, -0.2) is 9.78 Å². The highest BCUT2D eigenvalue weighted by Gasteiger charge is 2.28. The number of benzene rings is 1. The molecular weight excluding hydrogens is 373 g/mol. The summed E-state index contributed by atoms with van der Waals surface area (Å²) in [6.45, 7) is 5.32.